The average Bonchev–Trinajstić information content (AvgIpc) is 2.70. The van der Waals surface area contributed by atoms with Gasteiger partial charge in [-0.25, -0.2) is 0 Å². The Morgan fingerprint density at radius 2 is 1.81 bits per heavy atom. The number of hydrogen-bond acceptors (Lipinski definition) is 5. The second kappa shape index (κ2) is 11.2. The van der Waals surface area contributed by atoms with E-state index in [2.05, 4.69) is 16.0 Å². The normalized spacial score (nSPS) is 11.2. The van der Waals surface area contributed by atoms with Gasteiger partial charge in [-0.1, -0.05) is 23.2 Å². The molecule has 0 saturated heterocycles. The molecule has 170 valence electrons. The first-order valence-corrected chi connectivity index (χ1v) is 9.89. The van der Waals surface area contributed by atoms with Crippen LogP contribution in [-0.2, 0) is 9.59 Å². The van der Waals surface area contributed by atoms with Crippen LogP contribution in [0.1, 0.15) is 28.4 Å². The maximum Gasteiger partial charge on any atom is 0.305 e. The molecule has 2 aromatic rings. The number of carboxylic acids is 1. The topological polar surface area (TPSA) is 167 Å². The largest absolute Gasteiger partial charge is 0.496 e. The molecule has 0 spiro atoms. The highest BCUT2D eigenvalue weighted by Gasteiger charge is 2.20. The number of ether oxygens (including phenoxy) is 1. The lowest BCUT2D eigenvalue weighted by molar-refractivity contribution is -0.137. The van der Waals surface area contributed by atoms with Gasteiger partial charge in [-0.3, -0.25) is 19.8 Å². The van der Waals surface area contributed by atoms with Crippen LogP contribution in [0.4, 0.5) is 5.69 Å². The third-order valence-electron chi connectivity index (χ3n) is 4.13. The quantitative estimate of drug-likeness (QED) is 0.236. The summed E-state index contributed by atoms with van der Waals surface area (Å²) in [5.41, 5.74) is 6.20. The van der Waals surface area contributed by atoms with Crippen molar-refractivity contribution >= 4 is 52.6 Å². The summed E-state index contributed by atoms with van der Waals surface area (Å²) in [5.74, 6) is -2.46. The summed E-state index contributed by atoms with van der Waals surface area (Å²) >= 11 is 11.9. The predicted octanol–water partition coefficient (Wildman–Crippen LogP) is 2.37. The molecule has 0 aromatic heterocycles. The van der Waals surface area contributed by atoms with Crippen LogP contribution in [-0.4, -0.2) is 42.5 Å². The Morgan fingerprint density at radius 1 is 1.16 bits per heavy atom. The van der Waals surface area contributed by atoms with E-state index in [-0.39, 0.29) is 27.3 Å². The van der Waals surface area contributed by atoms with Crippen molar-refractivity contribution < 1.29 is 24.2 Å². The number of anilines is 1. The molecular weight excluding hydrogens is 461 g/mol. The number of carboxylic acid groups (broad SMARTS) is 1. The van der Waals surface area contributed by atoms with Gasteiger partial charge in [0.15, 0.2) is 5.96 Å². The lowest BCUT2D eigenvalue weighted by atomic mass is 10.0. The number of carbonyl (C=O) groups is 3. The van der Waals surface area contributed by atoms with Crippen molar-refractivity contribution in [2.24, 2.45) is 5.73 Å². The Morgan fingerprint density at radius 3 is 2.38 bits per heavy atom. The summed E-state index contributed by atoms with van der Waals surface area (Å²) in [6, 6.07) is 8.05. The standard InChI is InChI=1S/C20H21Cl2N5O5/c1-32-16-3-2-13(26-20(23)24)7-14(16)19(31)25-9-17(28)27-15(8-18(29)30)10-4-11(21)6-12(22)5-10/h2-7,15H,8-9H2,1H3,(H,25,31)(H,27,28)(H,29,30)(H4,23,24,26). The molecular formula is C20H21Cl2N5O5. The third kappa shape index (κ3) is 7.33. The molecule has 10 nitrogen and oxygen atoms in total. The van der Waals surface area contributed by atoms with Gasteiger partial charge in [0, 0.05) is 15.7 Å². The van der Waals surface area contributed by atoms with Gasteiger partial charge in [-0.05, 0) is 42.0 Å². The van der Waals surface area contributed by atoms with E-state index in [1.807, 2.05) is 0 Å². The van der Waals surface area contributed by atoms with Crippen molar-refractivity contribution in [1.29, 1.82) is 5.41 Å². The number of guanidine groups is 1. The molecule has 0 aliphatic rings. The number of benzene rings is 2. The first-order chi connectivity index (χ1) is 15.1. The van der Waals surface area contributed by atoms with E-state index in [0.29, 0.717) is 11.3 Å². The van der Waals surface area contributed by atoms with E-state index < -0.39 is 36.8 Å². The number of halogens is 2. The Labute approximate surface area is 193 Å². The Balaban J connectivity index is 2.10. The van der Waals surface area contributed by atoms with Gasteiger partial charge in [0.2, 0.25) is 5.91 Å². The van der Waals surface area contributed by atoms with Crippen LogP contribution in [0.25, 0.3) is 0 Å². The lowest BCUT2D eigenvalue weighted by Gasteiger charge is -2.18. The molecule has 12 heteroatoms. The number of aliphatic carboxylic acids is 1. The fourth-order valence-corrected chi connectivity index (χ4v) is 3.37. The number of nitrogens with two attached hydrogens (primary N) is 1. The van der Waals surface area contributed by atoms with Crippen molar-refractivity contribution in [3.63, 3.8) is 0 Å². The number of methoxy groups -OCH3 is 1. The molecule has 0 aliphatic heterocycles. The summed E-state index contributed by atoms with van der Waals surface area (Å²) in [5, 5.41) is 24.6. The average molecular weight is 482 g/mol. The molecule has 0 fully saturated rings. The summed E-state index contributed by atoms with van der Waals surface area (Å²) in [6.07, 6.45) is -0.414. The molecule has 7 N–H and O–H groups in total. The highest BCUT2D eigenvalue weighted by Crippen LogP contribution is 2.26. The minimum absolute atomic E-state index is 0.107. The van der Waals surface area contributed by atoms with Crippen molar-refractivity contribution in [2.45, 2.75) is 12.5 Å². The SMILES string of the molecule is COc1ccc(NC(=N)N)cc1C(=O)NCC(=O)NC(CC(=O)O)c1cc(Cl)cc(Cl)c1. The molecule has 0 radical (unpaired) electrons. The van der Waals surface area contributed by atoms with Gasteiger partial charge in [0.05, 0.1) is 31.7 Å². The summed E-state index contributed by atoms with van der Waals surface area (Å²) in [7, 11) is 1.38. The fraction of sp³-hybridized carbons (Fsp3) is 0.200. The smallest absolute Gasteiger partial charge is 0.305 e. The molecule has 2 rings (SSSR count). The van der Waals surface area contributed by atoms with Crippen molar-refractivity contribution in [2.75, 3.05) is 19.0 Å². The maximum absolute atomic E-state index is 12.6. The molecule has 0 bridgehead atoms. The van der Waals surface area contributed by atoms with E-state index in [4.69, 9.17) is 39.1 Å². The van der Waals surface area contributed by atoms with Gasteiger partial charge in [-0.15, -0.1) is 0 Å². The summed E-state index contributed by atoms with van der Waals surface area (Å²) < 4.78 is 5.16. The monoisotopic (exact) mass is 481 g/mol. The molecule has 1 atom stereocenters. The Kier molecular flexibility index (Phi) is 8.68. The number of rotatable bonds is 9. The first-order valence-electron chi connectivity index (χ1n) is 9.13. The number of amides is 2. The summed E-state index contributed by atoms with van der Waals surface area (Å²) in [4.78, 5) is 36.2. The molecule has 0 heterocycles. The predicted molar refractivity (Wildman–Crippen MR) is 120 cm³/mol. The van der Waals surface area contributed by atoms with Crippen LogP contribution >= 0.6 is 23.2 Å². The molecule has 0 saturated carbocycles. The van der Waals surface area contributed by atoms with Crippen LogP contribution in [0.15, 0.2) is 36.4 Å². The Bertz CT molecular complexity index is 1030. The fourth-order valence-electron chi connectivity index (χ4n) is 2.82. The van der Waals surface area contributed by atoms with Gasteiger partial charge < -0.3 is 31.5 Å². The highest BCUT2D eigenvalue weighted by molar-refractivity contribution is 6.34. The number of carbonyl (C=O) groups excluding carboxylic acids is 2. The van der Waals surface area contributed by atoms with E-state index in [9.17, 15) is 19.5 Å². The zero-order valence-electron chi connectivity index (χ0n) is 16.9. The zero-order valence-corrected chi connectivity index (χ0v) is 18.4. The number of nitrogens with one attached hydrogen (secondary N) is 4. The molecule has 1 unspecified atom stereocenters. The van der Waals surface area contributed by atoms with Gasteiger partial charge in [0.1, 0.15) is 5.75 Å². The van der Waals surface area contributed by atoms with Crippen LogP contribution in [0.2, 0.25) is 10.0 Å². The zero-order chi connectivity index (χ0) is 23.8. The van der Waals surface area contributed by atoms with Gasteiger partial charge in [0.25, 0.3) is 5.91 Å². The lowest BCUT2D eigenvalue weighted by Crippen LogP contribution is -2.39. The molecule has 0 aliphatic carbocycles. The van der Waals surface area contributed by atoms with Crippen molar-refractivity contribution in [3.05, 3.63) is 57.6 Å². The third-order valence-corrected chi connectivity index (χ3v) is 4.57. The van der Waals surface area contributed by atoms with Gasteiger partial charge in [-0.2, -0.15) is 0 Å². The maximum atomic E-state index is 12.6. The Hall–Kier alpha value is -3.50. The van der Waals surface area contributed by atoms with Crippen LogP contribution in [0, 0.1) is 5.41 Å². The van der Waals surface area contributed by atoms with Crippen LogP contribution in [0.5, 0.6) is 5.75 Å². The molecule has 32 heavy (non-hydrogen) atoms. The van der Waals surface area contributed by atoms with E-state index >= 15 is 0 Å². The molecule has 2 amide bonds. The molecule has 2 aromatic carbocycles. The van der Waals surface area contributed by atoms with E-state index in [1.54, 1.807) is 6.07 Å². The summed E-state index contributed by atoms with van der Waals surface area (Å²) in [6.45, 7) is -0.434. The van der Waals surface area contributed by atoms with Gasteiger partial charge >= 0.3 is 5.97 Å². The first kappa shape index (κ1) is 24.8. The van der Waals surface area contributed by atoms with Crippen LogP contribution < -0.4 is 26.4 Å². The second-order valence-electron chi connectivity index (χ2n) is 6.56. The minimum Gasteiger partial charge on any atom is -0.496 e. The van der Waals surface area contributed by atoms with Crippen molar-refractivity contribution in [3.8, 4) is 5.75 Å². The van der Waals surface area contributed by atoms with Crippen molar-refractivity contribution in [1.82, 2.24) is 10.6 Å². The van der Waals surface area contributed by atoms with E-state index in [1.165, 1.54) is 37.4 Å². The van der Waals surface area contributed by atoms with E-state index in [0.717, 1.165) is 0 Å². The second-order valence-corrected chi connectivity index (χ2v) is 7.43. The van der Waals surface area contributed by atoms with Crippen LogP contribution in [0.3, 0.4) is 0 Å². The number of hydrogen-bond donors (Lipinski definition) is 6. The highest BCUT2D eigenvalue weighted by atomic mass is 35.5. The minimum atomic E-state index is -1.14.